The summed E-state index contributed by atoms with van der Waals surface area (Å²) in [4.78, 5) is 0. The molecule has 1 N–H and O–H groups in total. The molecule has 0 aliphatic heterocycles. The van der Waals surface area contributed by atoms with Crippen LogP contribution < -0.4 is 19.5 Å². The van der Waals surface area contributed by atoms with E-state index in [1.807, 2.05) is 36.4 Å². The molecule has 0 spiro atoms. The molecule has 2 aromatic carbocycles. The molecule has 0 radical (unpaired) electrons. The van der Waals surface area contributed by atoms with Gasteiger partial charge in [0, 0.05) is 23.2 Å². The van der Waals surface area contributed by atoms with Gasteiger partial charge in [-0.1, -0.05) is 35.9 Å². The van der Waals surface area contributed by atoms with Crippen molar-refractivity contribution in [1.29, 1.82) is 0 Å². The minimum absolute atomic E-state index is 0. The van der Waals surface area contributed by atoms with Gasteiger partial charge in [-0.15, -0.1) is 12.4 Å². The van der Waals surface area contributed by atoms with Gasteiger partial charge in [0.05, 0.1) is 21.3 Å². The van der Waals surface area contributed by atoms with Crippen LogP contribution in [0.15, 0.2) is 36.4 Å². The number of benzene rings is 2. The van der Waals surface area contributed by atoms with Crippen molar-refractivity contribution in [3.8, 4) is 17.2 Å². The Balaban J connectivity index is 0.00000288. The molecular formula is C18H23Cl2NO3. The van der Waals surface area contributed by atoms with Crippen molar-refractivity contribution in [2.75, 3.05) is 21.3 Å². The highest BCUT2D eigenvalue weighted by atomic mass is 35.5. The van der Waals surface area contributed by atoms with Gasteiger partial charge < -0.3 is 19.5 Å². The molecule has 0 bridgehead atoms. The Labute approximate surface area is 154 Å². The molecule has 2 rings (SSSR count). The maximum Gasteiger partial charge on any atom is 0.203 e. The Morgan fingerprint density at radius 3 is 2.21 bits per heavy atom. The highest BCUT2D eigenvalue weighted by Crippen LogP contribution is 2.39. The second kappa shape index (κ2) is 9.62. The van der Waals surface area contributed by atoms with E-state index in [2.05, 4.69) is 12.2 Å². The summed E-state index contributed by atoms with van der Waals surface area (Å²) < 4.78 is 16.2. The first-order valence-corrected chi connectivity index (χ1v) is 7.75. The van der Waals surface area contributed by atoms with Crippen molar-refractivity contribution in [3.63, 3.8) is 0 Å². The summed E-state index contributed by atoms with van der Waals surface area (Å²) in [6.45, 7) is 2.70. The standard InChI is InChI=1S/C18H22ClNO3.ClH/c1-12(14-7-5-6-8-15(14)19)20-11-13-9-10-16(21-2)18(23-4)17(13)22-3;/h5-10,12,20H,11H2,1-4H3;1H. The zero-order valence-corrected chi connectivity index (χ0v) is 15.8. The number of nitrogens with one attached hydrogen (secondary N) is 1. The van der Waals surface area contributed by atoms with Crippen molar-refractivity contribution < 1.29 is 14.2 Å². The molecule has 0 aliphatic carbocycles. The second-order valence-electron chi connectivity index (χ2n) is 5.12. The van der Waals surface area contributed by atoms with Crippen LogP contribution in [0, 0.1) is 0 Å². The average Bonchev–Trinajstić information content (AvgIpc) is 2.58. The zero-order chi connectivity index (χ0) is 16.8. The van der Waals surface area contributed by atoms with E-state index in [-0.39, 0.29) is 18.4 Å². The second-order valence-corrected chi connectivity index (χ2v) is 5.52. The number of methoxy groups -OCH3 is 3. The molecule has 6 heteroatoms. The number of halogens is 2. The number of hydrogen-bond acceptors (Lipinski definition) is 4. The minimum atomic E-state index is 0. The molecule has 0 aliphatic rings. The first-order chi connectivity index (χ1) is 11.1. The lowest BCUT2D eigenvalue weighted by molar-refractivity contribution is 0.321. The van der Waals surface area contributed by atoms with Gasteiger partial charge in [0.1, 0.15) is 0 Å². The lowest BCUT2D eigenvalue weighted by Crippen LogP contribution is -2.19. The van der Waals surface area contributed by atoms with Crippen molar-refractivity contribution in [3.05, 3.63) is 52.5 Å². The number of ether oxygens (including phenoxy) is 3. The van der Waals surface area contributed by atoms with Gasteiger partial charge in [0.15, 0.2) is 11.5 Å². The molecule has 0 saturated heterocycles. The van der Waals surface area contributed by atoms with Gasteiger partial charge in [0.2, 0.25) is 5.75 Å². The Hall–Kier alpha value is -1.62. The molecule has 0 amide bonds. The molecule has 0 saturated carbocycles. The fourth-order valence-corrected chi connectivity index (χ4v) is 2.80. The molecule has 132 valence electrons. The maximum absolute atomic E-state index is 6.25. The van der Waals surface area contributed by atoms with E-state index in [0.29, 0.717) is 23.8 Å². The molecule has 24 heavy (non-hydrogen) atoms. The molecule has 4 nitrogen and oxygen atoms in total. The predicted molar refractivity (Wildman–Crippen MR) is 100 cm³/mol. The van der Waals surface area contributed by atoms with Crippen LogP contribution in [0.25, 0.3) is 0 Å². The van der Waals surface area contributed by atoms with Gasteiger partial charge in [0.25, 0.3) is 0 Å². The summed E-state index contributed by atoms with van der Waals surface area (Å²) in [5.74, 6) is 1.91. The fraction of sp³-hybridized carbons (Fsp3) is 0.333. The van der Waals surface area contributed by atoms with Crippen LogP contribution in [-0.4, -0.2) is 21.3 Å². The Bertz CT molecular complexity index is 665. The third-order valence-corrected chi connectivity index (χ3v) is 4.10. The van der Waals surface area contributed by atoms with Crippen molar-refractivity contribution >= 4 is 24.0 Å². The van der Waals surface area contributed by atoms with Crippen LogP contribution in [-0.2, 0) is 6.54 Å². The molecule has 2 aromatic rings. The number of hydrogen-bond donors (Lipinski definition) is 1. The van der Waals surface area contributed by atoms with E-state index >= 15 is 0 Å². The van der Waals surface area contributed by atoms with Gasteiger partial charge in [-0.2, -0.15) is 0 Å². The summed E-state index contributed by atoms with van der Waals surface area (Å²) in [5, 5.41) is 4.21. The predicted octanol–water partition coefficient (Wildman–Crippen LogP) is 4.64. The maximum atomic E-state index is 6.25. The lowest BCUT2D eigenvalue weighted by atomic mass is 10.1. The molecular weight excluding hydrogens is 349 g/mol. The summed E-state index contributed by atoms with van der Waals surface area (Å²) in [6, 6.07) is 11.8. The van der Waals surface area contributed by atoms with E-state index in [1.165, 1.54) is 0 Å². The van der Waals surface area contributed by atoms with Gasteiger partial charge in [-0.05, 0) is 24.6 Å². The van der Waals surface area contributed by atoms with Crippen molar-refractivity contribution in [2.45, 2.75) is 19.5 Å². The fourth-order valence-electron chi connectivity index (χ4n) is 2.50. The SMILES string of the molecule is COc1ccc(CNC(C)c2ccccc2Cl)c(OC)c1OC.Cl. The van der Waals surface area contributed by atoms with Crippen molar-refractivity contribution in [1.82, 2.24) is 5.32 Å². The largest absolute Gasteiger partial charge is 0.493 e. The topological polar surface area (TPSA) is 39.7 Å². The molecule has 0 aromatic heterocycles. The van der Waals surface area contributed by atoms with Crippen LogP contribution in [0.4, 0.5) is 0 Å². The highest BCUT2D eigenvalue weighted by molar-refractivity contribution is 6.31. The van der Waals surface area contributed by atoms with Crippen molar-refractivity contribution in [2.24, 2.45) is 0 Å². The van der Waals surface area contributed by atoms with Crippen LogP contribution in [0.2, 0.25) is 5.02 Å². The summed E-state index contributed by atoms with van der Waals surface area (Å²) >= 11 is 6.25. The molecule has 1 unspecified atom stereocenters. The first-order valence-electron chi connectivity index (χ1n) is 7.38. The quantitative estimate of drug-likeness (QED) is 0.769. The Kier molecular flexibility index (Phi) is 8.19. The highest BCUT2D eigenvalue weighted by Gasteiger charge is 2.16. The van der Waals surface area contributed by atoms with Crippen LogP contribution in [0.1, 0.15) is 24.1 Å². The van der Waals surface area contributed by atoms with E-state index in [0.717, 1.165) is 16.1 Å². The van der Waals surface area contributed by atoms with Gasteiger partial charge >= 0.3 is 0 Å². The summed E-state index contributed by atoms with van der Waals surface area (Å²) in [6.07, 6.45) is 0. The average molecular weight is 372 g/mol. The van der Waals surface area contributed by atoms with Crippen LogP contribution in [0.5, 0.6) is 17.2 Å². The first kappa shape index (κ1) is 20.4. The lowest BCUT2D eigenvalue weighted by Gasteiger charge is -2.19. The molecule has 0 heterocycles. The monoisotopic (exact) mass is 371 g/mol. The van der Waals surface area contributed by atoms with E-state index in [9.17, 15) is 0 Å². The van der Waals surface area contributed by atoms with Crippen LogP contribution >= 0.6 is 24.0 Å². The Morgan fingerprint density at radius 1 is 0.958 bits per heavy atom. The minimum Gasteiger partial charge on any atom is -0.493 e. The van der Waals surface area contributed by atoms with E-state index < -0.39 is 0 Å². The van der Waals surface area contributed by atoms with Crippen LogP contribution in [0.3, 0.4) is 0 Å². The summed E-state index contributed by atoms with van der Waals surface area (Å²) in [5.41, 5.74) is 2.05. The van der Waals surface area contributed by atoms with E-state index in [1.54, 1.807) is 21.3 Å². The zero-order valence-electron chi connectivity index (χ0n) is 14.3. The molecule has 1 atom stereocenters. The normalized spacial score (nSPS) is 11.4. The third kappa shape index (κ3) is 4.47. The smallest absolute Gasteiger partial charge is 0.203 e. The van der Waals surface area contributed by atoms with E-state index in [4.69, 9.17) is 25.8 Å². The Morgan fingerprint density at radius 2 is 1.62 bits per heavy atom. The third-order valence-electron chi connectivity index (χ3n) is 3.76. The summed E-state index contributed by atoms with van der Waals surface area (Å²) in [7, 11) is 4.83. The molecule has 0 fully saturated rings. The van der Waals surface area contributed by atoms with Gasteiger partial charge in [-0.3, -0.25) is 0 Å². The van der Waals surface area contributed by atoms with Gasteiger partial charge in [-0.25, -0.2) is 0 Å². The number of rotatable bonds is 7.